The van der Waals surface area contributed by atoms with Crippen LogP contribution < -0.4 is 9.47 Å². The highest BCUT2D eigenvalue weighted by Crippen LogP contribution is 2.29. The maximum atomic E-state index is 13.0. The molecule has 0 amide bonds. The van der Waals surface area contributed by atoms with Gasteiger partial charge >= 0.3 is 0 Å². The van der Waals surface area contributed by atoms with Crippen molar-refractivity contribution in [3.8, 4) is 11.5 Å². The van der Waals surface area contributed by atoms with E-state index in [9.17, 15) is 4.39 Å². The number of aliphatic hydroxyl groups excluding tert-OH is 1. The molecule has 0 aromatic heterocycles. The molecule has 0 heterocycles. The molecule has 0 aliphatic heterocycles. The zero-order chi connectivity index (χ0) is 10.6. The fourth-order valence-corrected chi connectivity index (χ4v) is 1.21. The lowest BCUT2D eigenvalue weighted by atomic mass is 10.2. The van der Waals surface area contributed by atoms with Gasteiger partial charge in [-0.3, -0.25) is 0 Å². The van der Waals surface area contributed by atoms with Crippen LogP contribution in [0.15, 0.2) is 12.1 Å². The Morgan fingerprint density at radius 3 is 2.50 bits per heavy atom. The van der Waals surface area contributed by atoms with E-state index in [1.165, 1.54) is 19.2 Å². The highest BCUT2D eigenvalue weighted by molar-refractivity contribution is 5.44. The van der Waals surface area contributed by atoms with Gasteiger partial charge in [-0.15, -0.1) is 0 Å². The maximum Gasteiger partial charge on any atom is 0.131 e. The maximum absolute atomic E-state index is 13.0. The van der Waals surface area contributed by atoms with Gasteiger partial charge in [0.15, 0.2) is 0 Å². The Hall–Kier alpha value is -1.29. The SMILES string of the molecule is CCOc1cc(F)cc(OC)c1CO. The largest absolute Gasteiger partial charge is 0.496 e. The Balaban J connectivity index is 3.17. The molecule has 0 unspecified atom stereocenters. The average molecular weight is 200 g/mol. The molecule has 1 rings (SSSR count). The van der Waals surface area contributed by atoms with Gasteiger partial charge in [-0.25, -0.2) is 4.39 Å². The Labute approximate surface area is 82.1 Å². The minimum Gasteiger partial charge on any atom is -0.496 e. The summed E-state index contributed by atoms with van der Waals surface area (Å²) in [5.41, 5.74) is 0.468. The Bertz CT molecular complexity index is 312. The lowest BCUT2D eigenvalue weighted by Gasteiger charge is -2.12. The van der Waals surface area contributed by atoms with Crippen LogP contribution in [0.4, 0.5) is 4.39 Å². The third-order valence-electron chi connectivity index (χ3n) is 1.81. The highest BCUT2D eigenvalue weighted by Gasteiger charge is 2.11. The second-order valence-electron chi connectivity index (χ2n) is 2.68. The van der Waals surface area contributed by atoms with E-state index in [0.29, 0.717) is 23.7 Å². The minimum atomic E-state index is -0.442. The molecule has 1 aromatic rings. The highest BCUT2D eigenvalue weighted by atomic mass is 19.1. The van der Waals surface area contributed by atoms with Gasteiger partial charge in [0.1, 0.15) is 17.3 Å². The van der Waals surface area contributed by atoms with Crippen molar-refractivity contribution in [1.82, 2.24) is 0 Å². The molecule has 1 aromatic carbocycles. The summed E-state index contributed by atoms with van der Waals surface area (Å²) >= 11 is 0. The predicted molar refractivity (Wildman–Crippen MR) is 50.0 cm³/mol. The van der Waals surface area contributed by atoms with Crippen molar-refractivity contribution in [3.05, 3.63) is 23.5 Å². The Morgan fingerprint density at radius 2 is 2.00 bits per heavy atom. The van der Waals surface area contributed by atoms with E-state index in [0.717, 1.165) is 0 Å². The van der Waals surface area contributed by atoms with E-state index in [2.05, 4.69) is 0 Å². The summed E-state index contributed by atoms with van der Waals surface area (Å²) in [6.45, 7) is 1.97. The monoisotopic (exact) mass is 200 g/mol. The van der Waals surface area contributed by atoms with Crippen molar-refractivity contribution < 1.29 is 19.0 Å². The number of halogens is 1. The fraction of sp³-hybridized carbons (Fsp3) is 0.400. The van der Waals surface area contributed by atoms with E-state index in [-0.39, 0.29) is 6.61 Å². The van der Waals surface area contributed by atoms with Crippen LogP contribution in [0.25, 0.3) is 0 Å². The fourth-order valence-electron chi connectivity index (χ4n) is 1.21. The molecule has 0 aliphatic carbocycles. The molecule has 0 radical (unpaired) electrons. The first-order chi connectivity index (χ1) is 6.72. The van der Waals surface area contributed by atoms with Gasteiger partial charge in [0.2, 0.25) is 0 Å². The first-order valence-electron chi connectivity index (χ1n) is 4.33. The van der Waals surface area contributed by atoms with Gasteiger partial charge in [0, 0.05) is 12.1 Å². The summed E-state index contributed by atoms with van der Waals surface area (Å²) in [6, 6.07) is 2.45. The Morgan fingerprint density at radius 1 is 1.36 bits per heavy atom. The number of rotatable bonds is 4. The molecule has 0 atom stereocenters. The number of aliphatic hydroxyl groups is 1. The van der Waals surface area contributed by atoms with Crippen LogP contribution >= 0.6 is 0 Å². The second-order valence-corrected chi connectivity index (χ2v) is 2.68. The van der Waals surface area contributed by atoms with Crippen molar-refractivity contribution in [2.45, 2.75) is 13.5 Å². The molecule has 4 heteroatoms. The van der Waals surface area contributed by atoms with Crippen LogP contribution in [-0.2, 0) is 6.61 Å². The summed E-state index contributed by atoms with van der Waals surface area (Å²) in [4.78, 5) is 0. The van der Waals surface area contributed by atoms with E-state index >= 15 is 0 Å². The van der Waals surface area contributed by atoms with E-state index < -0.39 is 5.82 Å². The Kier molecular flexibility index (Phi) is 3.71. The lowest BCUT2D eigenvalue weighted by Crippen LogP contribution is -2.00. The van der Waals surface area contributed by atoms with Crippen LogP contribution in [0.1, 0.15) is 12.5 Å². The zero-order valence-electron chi connectivity index (χ0n) is 8.21. The minimum absolute atomic E-state index is 0.237. The lowest BCUT2D eigenvalue weighted by molar-refractivity contribution is 0.257. The molecule has 3 nitrogen and oxygen atoms in total. The van der Waals surface area contributed by atoms with E-state index in [1.807, 2.05) is 0 Å². The number of hydrogen-bond acceptors (Lipinski definition) is 3. The quantitative estimate of drug-likeness (QED) is 0.804. The predicted octanol–water partition coefficient (Wildman–Crippen LogP) is 1.73. The van der Waals surface area contributed by atoms with Crippen LogP contribution in [0.5, 0.6) is 11.5 Å². The normalized spacial score (nSPS) is 10.0. The summed E-state index contributed by atoms with van der Waals surface area (Å²) in [5.74, 6) is 0.185. The molecule has 78 valence electrons. The summed E-state index contributed by atoms with van der Waals surface area (Å²) in [7, 11) is 1.42. The summed E-state index contributed by atoms with van der Waals surface area (Å²) in [5, 5.41) is 9.07. The van der Waals surface area contributed by atoms with Crippen molar-refractivity contribution in [1.29, 1.82) is 0 Å². The number of ether oxygens (including phenoxy) is 2. The van der Waals surface area contributed by atoms with Gasteiger partial charge in [0.05, 0.1) is 25.9 Å². The van der Waals surface area contributed by atoms with Crippen molar-refractivity contribution in [2.24, 2.45) is 0 Å². The number of benzene rings is 1. The van der Waals surface area contributed by atoms with Crippen LogP contribution in [0, 0.1) is 5.82 Å². The van der Waals surface area contributed by atoms with Crippen LogP contribution in [0.3, 0.4) is 0 Å². The molecule has 0 bridgehead atoms. The molecular formula is C10H13FO3. The first-order valence-corrected chi connectivity index (χ1v) is 4.33. The molecule has 0 aliphatic rings. The van der Waals surface area contributed by atoms with Crippen molar-refractivity contribution >= 4 is 0 Å². The molecule has 14 heavy (non-hydrogen) atoms. The van der Waals surface area contributed by atoms with Crippen LogP contribution in [0.2, 0.25) is 0 Å². The summed E-state index contributed by atoms with van der Waals surface area (Å²) < 4.78 is 23.1. The molecule has 0 spiro atoms. The third kappa shape index (κ3) is 2.14. The molecule has 0 saturated heterocycles. The van der Waals surface area contributed by atoms with Crippen molar-refractivity contribution in [3.63, 3.8) is 0 Å². The molecule has 0 fully saturated rings. The zero-order valence-corrected chi connectivity index (χ0v) is 8.21. The number of methoxy groups -OCH3 is 1. The van der Waals surface area contributed by atoms with Gasteiger partial charge in [-0.1, -0.05) is 0 Å². The topological polar surface area (TPSA) is 38.7 Å². The second kappa shape index (κ2) is 4.81. The standard InChI is InChI=1S/C10H13FO3/c1-3-14-10-5-7(11)4-9(13-2)8(10)6-12/h4-5,12H,3,6H2,1-2H3. The van der Waals surface area contributed by atoms with Gasteiger partial charge in [-0.05, 0) is 6.92 Å². The van der Waals surface area contributed by atoms with Crippen LogP contribution in [-0.4, -0.2) is 18.8 Å². The first kappa shape index (κ1) is 10.8. The number of hydrogen-bond donors (Lipinski definition) is 1. The van der Waals surface area contributed by atoms with Gasteiger partial charge in [0.25, 0.3) is 0 Å². The summed E-state index contributed by atoms with van der Waals surface area (Å²) in [6.07, 6.45) is 0. The van der Waals surface area contributed by atoms with Crippen molar-refractivity contribution in [2.75, 3.05) is 13.7 Å². The molecular weight excluding hydrogens is 187 g/mol. The average Bonchev–Trinajstić information content (AvgIpc) is 2.17. The van der Waals surface area contributed by atoms with E-state index in [4.69, 9.17) is 14.6 Å². The third-order valence-corrected chi connectivity index (χ3v) is 1.81. The van der Waals surface area contributed by atoms with Gasteiger partial charge < -0.3 is 14.6 Å². The smallest absolute Gasteiger partial charge is 0.131 e. The van der Waals surface area contributed by atoms with Gasteiger partial charge in [-0.2, -0.15) is 0 Å². The molecule has 0 saturated carbocycles. The molecule has 1 N–H and O–H groups in total. The van der Waals surface area contributed by atoms with E-state index in [1.54, 1.807) is 6.92 Å².